The van der Waals surface area contributed by atoms with Crippen LogP contribution in [0.4, 0.5) is 5.69 Å². The number of carbonyl (C=O) groups excluding carboxylic acids is 5. The second-order valence-corrected chi connectivity index (χ2v) is 9.54. The van der Waals surface area contributed by atoms with Crippen molar-refractivity contribution < 1.29 is 33.4 Å². The van der Waals surface area contributed by atoms with E-state index in [4.69, 9.17) is 9.47 Å². The highest BCUT2D eigenvalue weighted by atomic mass is 16.5. The molecule has 2 amide bonds. The van der Waals surface area contributed by atoms with Gasteiger partial charge in [0.25, 0.3) is 0 Å². The monoisotopic (exact) mass is 523 g/mol. The van der Waals surface area contributed by atoms with Crippen molar-refractivity contribution in [3.05, 3.63) is 107 Å². The summed E-state index contributed by atoms with van der Waals surface area (Å²) in [6, 6.07) is 20.5. The largest absolute Gasteiger partial charge is 0.454 e. The van der Waals surface area contributed by atoms with Crippen LogP contribution in [0.5, 0.6) is 5.75 Å². The molecule has 196 valence electrons. The van der Waals surface area contributed by atoms with E-state index in [1.165, 1.54) is 53.4 Å². The van der Waals surface area contributed by atoms with Gasteiger partial charge >= 0.3 is 11.9 Å². The van der Waals surface area contributed by atoms with E-state index in [9.17, 15) is 24.0 Å². The minimum atomic E-state index is -0.712. The smallest absolute Gasteiger partial charge is 0.343 e. The van der Waals surface area contributed by atoms with Crippen LogP contribution >= 0.6 is 0 Å². The van der Waals surface area contributed by atoms with Crippen LogP contribution in [0.15, 0.2) is 90.5 Å². The van der Waals surface area contributed by atoms with Crippen LogP contribution in [0.1, 0.15) is 50.8 Å². The van der Waals surface area contributed by atoms with Crippen LogP contribution in [-0.4, -0.2) is 36.1 Å². The average molecular weight is 524 g/mol. The molecule has 0 bridgehead atoms. The summed E-state index contributed by atoms with van der Waals surface area (Å²) in [4.78, 5) is 64.1. The predicted molar refractivity (Wildman–Crippen MR) is 141 cm³/mol. The van der Waals surface area contributed by atoms with Gasteiger partial charge in [-0.1, -0.05) is 29.8 Å². The molecule has 0 saturated carbocycles. The van der Waals surface area contributed by atoms with Gasteiger partial charge in [-0.2, -0.15) is 0 Å². The zero-order valence-corrected chi connectivity index (χ0v) is 21.2. The summed E-state index contributed by atoms with van der Waals surface area (Å²) < 4.78 is 10.5. The van der Waals surface area contributed by atoms with E-state index >= 15 is 0 Å². The number of carbonyl (C=O) groups is 5. The lowest BCUT2D eigenvalue weighted by Gasteiger charge is -2.18. The number of ether oxygens (including phenoxy) is 2. The van der Waals surface area contributed by atoms with E-state index < -0.39 is 24.3 Å². The summed E-state index contributed by atoms with van der Waals surface area (Å²) in [6.45, 7) is 1.48. The molecule has 5 rings (SSSR count). The first-order valence-electron chi connectivity index (χ1n) is 12.5. The van der Waals surface area contributed by atoms with Crippen LogP contribution < -0.4 is 9.64 Å². The van der Waals surface area contributed by atoms with Gasteiger partial charge in [0.2, 0.25) is 11.8 Å². The van der Waals surface area contributed by atoms with Crippen molar-refractivity contribution in [3.63, 3.8) is 0 Å². The van der Waals surface area contributed by atoms with Crippen molar-refractivity contribution in [3.8, 4) is 5.75 Å². The Labute approximate surface area is 224 Å². The fraction of sp³-hybridized carbons (Fsp3) is 0.194. The van der Waals surface area contributed by atoms with Gasteiger partial charge in [-0.25, -0.2) is 9.59 Å². The number of imide groups is 1. The first-order chi connectivity index (χ1) is 18.8. The topological polar surface area (TPSA) is 107 Å². The van der Waals surface area contributed by atoms with E-state index in [1.807, 2.05) is 13.0 Å². The van der Waals surface area contributed by atoms with Crippen LogP contribution in [0, 0.1) is 11.8 Å². The molecule has 1 fully saturated rings. The van der Waals surface area contributed by atoms with E-state index in [0.29, 0.717) is 24.1 Å². The van der Waals surface area contributed by atoms with Gasteiger partial charge in [-0.15, -0.1) is 0 Å². The minimum Gasteiger partial charge on any atom is -0.454 e. The predicted octanol–water partition coefficient (Wildman–Crippen LogP) is 4.79. The second-order valence-electron chi connectivity index (χ2n) is 9.54. The van der Waals surface area contributed by atoms with Gasteiger partial charge in [0.1, 0.15) is 5.75 Å². The van der Waals surface area contributed by atoms with Gasteiger partial charge in [0.05, 0.1) is 28.7 Å². The molecular formula is C31H25NO7. The normalized spacial score (nSPS) is 18.3. The Bertz CT molecular complexity index is 1470. The van der Waals surface area contributed by atoms with Gasteiger partial charge in [0, 0.05) is 5.56 Å². The molecular weight excluding hydrogens is 498 g/mol. The lowest BCUT2D eigenvalue weighted by Crippen LogP contribution is -2.30. The number of fused-ring (bicyclic) bond motifs is 1. The van der Waals surface area contributed by atoms with Crippen LogP contribution in [-0.2, 0) is 14.3 Å². The number of rotatable bonds is 7. The number of esters is 2. The number of hydrogen-bond donors (Lipinski definition) is 0. The molecule has 0 aromatic heterocycles. The quantitative estimate of drug-likeness (QED) is 0.144. The first-order valence-corrected chi connectivity index (χ1v) is 12.5. The number of ketones is 1. The maximum atomic E-state index is 12.9. The molecule has 2 unspecified atom stereocenters. The Morgan fingerprint density at radius 3 is 2.08 bits per heavy atom. The maximum absolute atomic E-state index is 12.9. The van der Waals surface area contributed by atoms with Gasteiger partial charge in [-0.05, 0) is 80.4 Å². The van der Waals surface area contributed by atoms with Crippen molar-refractivity contribution in [2.45, 2.75) is 19.8 Å². The van der Waals surface area contributed by atoms with Crippen LogP contribution in [0.3, 0.4) is 0 Å². The lowest BCUT2D eigenvalue weighted by molar-refractivity contribution is -0.122. The Balaban J connectivity index is 1.15. The second kappa shape index (κ2) is 10.9. The molecule has 0 radical (unpaired) electrons. The molecule has 3 aromatic rings. The molecule has 1 aliphatic carbocycles. The first kappa shape index (κ1) is 25.8. The maximum Gasteiger partial charge on any atom is 0.343 e. The Kier molecular flexibility index (Phi) is 7.19. The standard InChI is InChI=1S/C31H25NO7/c1-19-7-16-25-26(17-19)29(35)32(28(25)34)23-12-8-22(9-13-23)30(36)38-18-27(33)20-10-14-24(15-11-20)39-31(37)21-5-3-2-4-6-21/h2-15,25-26H,16-18H2,1H3. The summed E-state index contributed by atoms with van der Waals surface area (Å²) in [5, 5.41) is 0. The van der Waals surface area contributed by atoms with Gasteiger partial charge in [-0.3, -0.25) is 19.3 Å². The summed E-state index contributed by atoms with van der Waals surface area (Å²) >= 11 is 0. The summed E-state index contributed by atoms with van der Waals surface area (Å²) in [5.41, 5.74) is 2.38. The summed E-state index contributed by atoms with van der Waals surface area (Å²) in [7, 11) is 0. The highest BCUT2D eigenvalue weighted by Crippen LogP contribution is 2.39. The van der Waals surface area contributed by atoms with Crippen LogP contribution in [0.2, 0.25) is 0 Å². The van der Waals surface area contributed by atoms with Crippen LogP contribution in [0.25, 0.3) is 0 Å². The van der Waals surface area contributed by atoms with Crippen molar-refractivity contribution in [1.29, 1.82) is 0 Å². The minimum absolute atomic E-state index is 0.184. The summed E-state index contributed by atoms with van der Waals surface area (Å²) in [5.74, 6) is -2.52. The zero-order chi connectivity index (χ0) is 27.5. The molecule has 1 saturated heterocycles. The number of hydrogen-bond acceptors (Lipinski definition) is 7. The van der Waals surface area contributed by atoms with E-state index in [0.717, 1.165) is 5.57 Å². The Morgan fingerprint density at radius 2 is 1.38 bits per heavy atom. The third-order valence-corrected chi connectivity index (χ3v) is 6.91. The Hall–Kier alpha value is -4.85. The number of Topliss-reactive ketones (excluding diaryl/α,β-unsaturated/α-hetero) is 1. The molecule has 0 spiro atoms. The molecule has 2 atom stereocenters. The molecule has 0 N–H and O–H groups in total. The number of anilines is 1. The molecule has 39 heavy (non-hydrogen) atoms. The highest BCUT2D eigenvalue weighted by Gasteiger charge is 2.48. The third-order valence-electron chi connectivity index (χ3n) is 6.91. The molecule has 3 aromatic carbocycles. The van der Waals surface area contributed by atoms with E-state index in [-0.39, 0.29) is 40.5 Å². The fourth-order valence-corrected chi connectivity index (χ4v) is 4.79. The zero-order valence-electron chi connectivity index (χ0n) is 21.2. The lowest BCUT2D eigenvalue weighted by atomic mass is 9.82. The number of amides is 2. The van der Waals surface area contributed by atoms with Crippen molar-refractivity contribution in [2.75, 3.05) is 11.5 Å². The average Bonchev–Trinajstić information content (AvgIpc) is 3.21. The van der Waals surface area contributed by atoms with E-state index in [2.05, 4.69) is 0 Å². The molecule has 8 heteroatoms. The highest BCUT2D eigenvalue weighted by molar-refractivity contribution is 6.22. The number of allylic oxidation sites excluding steroid dienone is 2. The van der Waals surface area contributed by atoms with Gasteiger partial charge in [0.15, 0.2) is 12.4 Å². The molecule has 1 aliphatic heterocycles. The third kappa shape index (κ3) is 5.40. The van der Waals surface area contributed by atoms with E-state index in [1.54, 1.807) is 30.3 Å². The van der Waals surface area contributed by atoms with Crippen molar-refractivity contribution in [2.24, 2.45) is 11.8 Å². The van der Waals surface area contributed by atoms with Gasteiger partial charge < -0.3 is 9.47 Å². The van der Waals surface area contributed by atoms with Crippen molar-refractivity contribution >= 4 is 35.2 Å². The molecule has 8 nitrogen and oxygen atoms in total. The SMILES string of the molecule is CC1=CCC2C(=O)N(c3ccc(C(=O)OCC(=O)c4ccc(OC(=O)c5ccccc5)cc4)cc3)C(=O)C2C1. The number of nitrogens with zero attached hydrogens (tertiary/aromatic N) is 1. The molecule has 2 aliphatic rings. The summed E-state index contributed by atoms with van der Waals surface area (Å²) in [6.07, 6.45) is 3.13. The fourth-order valence-electron chi connectivity index (χ4n) is 4.79. The Morgan fingerprint density at radius 1 is 0.769 bits per heavy atom. The van der Waals surface area contributed by atoms with Crippen molar-refractivity contribution in [1.82, 2.24) is 0 Å². The number of benzene rings is 3. The molecule has 1 heterocycles.